The zero-order valence-corrected chi connectivity index (χ0v) is 28.8. The first-order chi connectivity index (χ1) is 22.7. The minimum Gasteiger partial charge on any atom is -0.488 e. The van der Waals surface area contributed by atoms with Crippen LogP contribution in [0.15, 0.2) is 112 Å². The molecule has 0 aliphatic carbocycles. The number of halogens is 2. The van der Waals surface area contributed by atoms with Gasteiger partial charge >= 0.3 is 0 Å². The summed E-state index contributed by atoms with van der Waals surface area (Å²) in [7, 11) is -1.46. The molecule has 8 nitrogen and oxygen atoms in total. The molecule has 4 aromatic carbocycles. The van der Waals surface area contributed by atoms with E-state index >= 15 is 0 Å². The van der Waals surface area contributed by atoms with Crippen LogP contribution in [0.25, 0.3) is 22.2 Å². The molecule has 0 aliphatic heterocycles. The number of aromatic nitrogens is 3. The van der Waals surface area contributed by atoms with Crippen LogP contribution in [0.1, 0.15) is 23.5 Å². The van der Waals surface area contributed by atoms with Gasteiger partial charge in [-0.25, -0.2) is 27.8 Å². The molecule has 6 rings (SSSR count). The van der Waals surface area contributed by atoms with Gasteiger partial charge in [-0.2, -0.15) is 0 Å². The Bertz CT molecular complexity index is 2130. The lowest BCUT2D eigenvalue weighted by molar-refractivity contribution is 0.276. The number of fused-ring (bicyclic) bond motifs is 1. The van der Waals surface area contributed by atoms with Crippen LogP contribution in [-0.2, 0) is 16.4 Å². The van der Waals surface area contributed by atoms with Gasteiger partial charge in [-0.15, -0.1) is 11.3 Å². The summed E-state index contributed by atoms with van der Waals surface area (Å²) in [5.74, 6) is 0.997. The van der Waals surface area contributed by atoms with Crippen molar-refractivity contribution in [3.05, 3.63) is 124 Å². The number of hydrogen-bond acceptors (Lipinski definition) is 9. The van der Waals surface area contributed by atoms with Crippen molar-refractivity contribution in [3.63, 3.8) is 0 Å². The van der Waals surface area contributed by atoms with Crippen molar-refractivity contribution in [2.24, 2.45) is 0 Å². The fourth-order valence-corrected chi connectivity index (χ4v) is 7.72. The molecule has 1 unspecified atom stereocenters. The average Bonchev–Trinajstić information content (AvgIpc) is 3.57. The Hall–Kier alpha value is -4.23. The van der Waals surface area contributed by atoms with E-state index in [2.05, 4.69) is 31.2 Å². The molecule has 0 spiro atoms. The highest BCUT2D eigenvalue weighted by Crippen LogP contribution is 2.34. The van der Waals surface area contributed by atoms with Crippen LogP contribution in [0.5, 0.6) is 5.75 Å². The lowest BCUT2D eigenvalue weighted by Crippen LogP contribution is -2.28. The highest BCUT2D eigenvalue weighted by atomic mass is 79.9. The summed E-state index contributed by atoms with van der Waals surface area (Å²) in [6.07, 6.45) is 1.52. The van der Waals surface area contributed by atoms with E-state index in [1.165, 1.54) is 18.5 Å². The molecule has 0 radical (unpaired) electrons. The molecule has 6 aromatic rings. The zero-order chi connectivity index (χ0) is 33.0. The van der Waals surface area contributed by atoms with Gasteiger partial charge in [-0.05, 0) is 90.1 Å². The SMILES string of the molecule is CC(c1nc(-c2ccc3ncnc(Nc4ccc(OCc5cccc(F)c5)c(Br)c4)c3c2)cs1)N(C)CCS(=O)(=O)c1ccccc1. The number of benzene rings is 4. The van der Waals surface area contributed by atoms with E-state index in [1.54, 1.807) is 47.7 Å². The lowest BCUT2D eigenvalue weighted by atomic mass is 10.1. The normalized spacial score (nSPS) is 12.4. The lowest BCUT2D eigenvalue weighted by Gasteiger charge is -2.22. The van der Waals surface area contributed by atoms with Crippen LogP contribution in [0.2, 0.25) is 0 Å². The molecule has 0 saturated carbocycles. The molecule has 240 valence electrons. The monoisotopic (exact) mass is 731 g/mol. The topological polar surface area (TPSA) is 97.3 Å². The Balaban J connectivity index is 1.15. The van der Waals surface area contributed by atoms with Gasteiger partial charge in [-0.1, -0.05) is 36.4 Å². The van der Waals surface area contributed by atoms with Crippen LogP contribution in [0, 0.1) is 5.82 Å². The van der Waals surface area contributed by atoms with Gasteiger partial charge in [0.2, 0.25) is 0 Å². The molecule has 1 N–H and O–H groups in total. The Kier molecular flexibility index (Phi) is 9.92. The molecule has 12 heteroatoms. The van der Waals surface area contributed by atoms with E-state index in [0.717, 1.165) is 42.9 Å². The maximum atomic E-state index is 13.5. The fraction of sp³-hybridized carbons (Fsp3) is 0.171. The zero-order valence-electron chi connectivity index (χ0n) is 25.6. The fourth-order valence-electron chi connectivity index (χ4n) is 4.94. The van der Waals surface area contributed by atoms with Crippen molar-refractivity contribution in [3.8, 4) is 17.0 Å². The van der Waals surface area contributed by atoms with Gasteiger partial charge in [0.05, 0.1) is 32.4 Å². The van der Waals surface area contributed by atoms with Gasteiger partial charge < -0.3 is 10.1 Å². The number of hydrogen-bond donors (Lipinski definition) is 1. The Morgan fingerprint density at radius 1 is 1.00 bits per heavy atom. The van der Waals surface area contributed by atoms with E-state index in [-0.39, 0.29) is 24.2 Å². The summed E-state index contributed by atoms with van der Waals surface area (Å²) < 4.78 is 45.7. The molecule has 0 aliphatic rings. The Labute approximate surface area is 285 Å². The summed E-state index contributed by atoms with van der Waals surface area (Å²) in [6.45, 7) is 2.65. The van der Waals surface area contributed by atoms with Gasteiger partial charge in [-0.3, -0.25) is 4.90 Å². The third-order valence-electron chi connectivity index (χ3n) is 7.76. The summed E-state index contributed by atoms with van der Waals surface area (Å²) in [5.41, 5.74) is 4.06. The van der Waals surface area contributed by atoms with Crippen molar-refractivity contribution in [2.75, 3.05) is 24.7 Å². The number of nitrogens with one attached hydrogen (secondary N) is 1. The molecule has 1 atom stereocenters. The van der Waals surface area contributed by atoms with Gasteiger partial charge in [0.15, 0.2) is 9.84 Å². The van der Waals surface area contributed by atoms with Gasteiger partial charge in [0, 0.05) is 28.6 Å². The van der Waals surface area contributed by atoms with E-state index in [9.17, 15) is 12.8 Å². The maximum Gasteiger partial charge on any atom is 0.179 e. The molecule has 0 fully saturated rings. The minimum atomic E-state index is -3.37. The van der Waals surface area contributed by atoms with Crippen molar-refractivity contribution in [1.82, 2.24) is 19.9 Å². The van der Waals surface area contributed by atoms with Gasteiger partial charge in [0.1, 0.15) is 35.3 Å². The Morgan fingerprint density at radius 2 is 1.83 bits per heavy atom. The summed E-state index contributed by atoms with van der Waals surface area (Å²) >= 11 is 5.13. The van der Waals surface area contributed by atoms with E-state index in [0.29, 0.717) is 23.0 Å². The second-order valence-electron chi connectivity index (χ2n) is 11.0. The predicted molar refractivity (Wildman–Crippen MR) is 188 cm³/mol. The van der Waals surface area contributed by atoms with Crippen LogP contribution >= 0.6 is 27.3 Å². The third-order valence-corrected chi connectivity index (χ3v) is 11.1. The quantitative estimate of drug-likeness (QED) is 0.134. The van der Waals surface area contributed by atoms with E-state index in [1.807, 2.05) is 66.7 Å². The first-order valence-corrected chi connectivity index (χ1v) is 18.1. The first kappa shape index (κ1) is 32.7. The molecule has 2 heterocycles. The Morgan fingerprint density at radius 3 is 2.62 bits per heavy atom. The van der Waals surface area contributed by atoms with E-state index in [4.69, 9.17) is 9.72 Å². The number of rotatable bonds is 12. The summed E-state index contributed by atoms with van der Waals surface area (Å²) in [6, 6.07) is 26.4. The molecule has 0 saturated heterocycles. The smallest absolute Gasteiger partial charge is 0.179 e. The molecule has 0 bridgehead atoms. The van der Waals surface area contributed by atoms with Crippen molar-refractivity contribution >= 4 is 59.5 Å². The van der Waals surface area contributed by atoms with Crippen molar-refractivity contribution in [1.29, 1.82) is 0 Å². The van der Waals surface area contributed by atoms with Crippen molar-refractivity contribution < 1.29 is 17.5 Å². The molecule has 47 heavy (non-hydrogen) atoms. The second kappa shape index (κ2) is 14.3. The number of anilines is 2. The van der Waals surface area contributed by atoms with E-state index < -0.39 is 9.84 Å². The predicted octanol–water partition coefficient (Wildman–Crippen LogP) is 8.44. The molecular weight excluding hydrogens is 701 g/mol. The van der Waals surface area contributed by atoms with Gasteiger partial charge in [0.25, 0.3) is 0 Å². The highest BCUT2D eigenvalue weighted by Gasteiger charge is 2.20. The largest absolute Gasteiger partial charge is 0.488 e. The summed E-state index contributed by atoms with van der Waals surface area (Å²) in [4.78, 5) is 16.2. The summed E-state index contributed by atoms with van der Waals surface area (Å²) in [5, 5.41) is 7.13. The first-order valence-electron chi connectivity index (χ1n) is 14.8. The van der Waals surface area contributed by atoms with Crippen LogP contribution < -0.4 is 10.1 Å². The second-order valence-corrected chi connectivity index (χ2v) is 14.9. The van der Waals surface area contributed by atoms with Crippen molar-refractivity contribution in [2.45, 2.75) is 24.5 Å². The highest BCUT2D eigenvalue weighted by molar-refractivity contribution is 9.10. The maximum absolute atomic E-state index is 13.5. The molecule has 0 amide bonds. The molecule has 2 aromatic heterocycles. The standard InChI is InChI=1S/C35H31BrFN5O3S2/c1-23(42(2)15-16-47(43,44)28-9-4-3-5-10-28)35-41-32(21-46-35)25-11-13-31-29(18-25)34(39-22-38-31)40-27-12-14-33(30(36)19-27)45-20-24-7-6-8-26(37)17-24/h3-14,17-19,21-23H,15-16,20H2,1-2H3,(H,38,39,40). The number of ether oxygens (including phenoxy) is 1. The average molecular weight is 733 g/mol. The minimum absolute atomic E-state index is 0.0256. The van der Waals surface area contributed by atoms with Crippen LogP contribution in [0.3, 0.4) is 0 Å². The number of sulfone groups is 1. The third kappa shape index (κ3) is 7.84. The molecular formula is C35H31BrFN5O3S2. The van der Waals surface area contributed by atoms with Crippen LogP contribution in [0.4, 0.5) is 15.9 Å². The van der Waals surface area contributed by atoms with Crippen LogP contribution in [-0.4, -0.2) is 47.6 Å². The number of nitrogens with zero attached hydrogens (tertiary/aromatic N) is 4. The number of thiazole rings is 1.